The lowest BCUT2D eigenvalue weighted by Crippen LogP contribution is -2.25. The molecule has 2 aromatic rings. The predicted octanol–water partition coefficient (Wildman–Crippen LogP) is 2.06. The molecule has 0 aromatic carbocycles. The van der Waals surface area contributed by atoms with Crippen molar-refractivity contribution < 1.29 is 4.74 Å². The van der Waals surface area contributed by atoms with Gasteiger partial charge in [0.1, 0.15) is 0 Å². The molecule has 1 saturated heterocycles. The summed E-state index contributed by atoms with van der Waals surface area (Å²) in [6.07, 6.45) is 9.07. The molecule has 0 unspecified atom stereocenters. The smallest absolute Gasteiger partial charge is 0.0951 e. The molecular weight excluding hydrogens is 278 g/mol. The largest absolute Gasteiger partial charge is 0.373 e. The number of ether oxygens (including phenoxy) is 1. The first-order chi connectivity index (χ1) is 10.6. The van der Waals surface area contributed by atoms with Gasteiger partial charge in [-0.15, -0.1) is 0 Å². The molecule has 2 aromatic heterocycles. The zero-order chi connectivity index (χ0) is 15.5. The highest BCUT2D eigenvalue weighted by atomic mass is 16.5. The third-order valence-electron chi connectivity index (χ3n) is 4.28. The minimum atomic E-state index is 0.163. The van der Waals surface area contributed by atoms with Gasteiger partial charge in [0.25, 0.3) is 0 Å². The number of aryl methyl sites for hydroxylation is 1. The molecule has 2 atom stereocenters. The van der Waals surface area contributed by atoms with E-state index in [-0.39, 0.29) is 6.10 Å². The third-order valence-corrected chi connectivity index (χ3v) is 4.28. The fourth-order valence-electron chi connectivity index (χ4n) is 3.12. The average Bonchev–Trinajstić information content (AvgIpc) is 3.18. The third kappa shape index (κ3) is 3.23. The molecule has 6 heteroatoms. The van der Waals surface area contributed by atoms with Gasteiger partial charge in [0.05, 0.1) is 24.3 Å². The first-order valence-corrected chi connectivity index (χ1v) is 7.96. The van der Waals surface area contributed by atoms with Crippen molar-refractivity contribution in [1.29, 1.82) is 0 Å². The van der Waals surface area contributed by atoms with E-state index in [2.05, 4.69) is 40.0 Å². The Hall–Kier alpha value is -1.66. The van der Waals surface area contributed by atoms with Crippen LogP contribution in [-0.4, -0.2) is 32.5 Å². The molecule has 3 heterocycles. The van der Waals surface area contributed by atoms with Gasteiger partial charge in [0.15, 0.2) is 0 Å². The number of nitrogens with zero attached hydrogens (tertiary/aromatic N) is 4. The van der Waals surface area contributed by atoms with Crippen molar-refractivity contribution in [3.8, 4) is 0 Å². The zero-order valence-electron chi connectivity index (χ0n) is 13.6. The molecule has 0 spiro atoms. The number of hydrogen-bond acceptors (Lipinski definition) is 4. The van der Waals surface area contributed by atoms with E-state index in [9.17, 15) is 0 Å². The van der Waals surface area contributed by atoms with Crippen LogP contribution >= 0.6 is 0 Å². The molecule has 1 N–H and O–H groups in total. The second kappa shape index (κ2) is 6.62. The Balaban J connectivity index is 1.55. The van der Waals surface area contributed by atoms with Crippen LogP contribution in [0, 0.1) is 5.92 Å². The van der Waals surface area contributed by atoms with Gasteiger partial charge >= 0.3 is 0 Å². The lowest BCUT2D eigenvalue weighted by molar-refractivity contribution is 0.0903. The van der Waals surface area contributed by atoms with Gasteiger partial charge in [-0.25, -0.2) is 4.98 Å². The minimum absolute atomic E-state index is 0.163. The fraction of sp³-hybridized carbons (Fsp3) is 0.625. The fourth-order valence-corrected chi connectivity index (χ4v) is 3.12. The second-order valence-corrected chi connectivity index (χ2v) is 6.30. The number of nitrogens with one attached hydrogen (secondary N) is 1. The van der Waals surface area contributed by atoms with Crippen LogP contribution in [0.4, 0.5) is 0 Å². The molecule has 0 amide bonds. The molecular formula is C16H25N5O. The quantitative estimate of drug-likeness (QED) is 0.887. The first kappa shape index (κ1) is 15.2. The van der Waals surface area contributed by atoms with E-state index in [1.165, 1.54) is 11.3 Å². The molecule has 1 aliphatic heterocycles. The maximum Gasteiger partial charge on any atom is 0.0951 e. The summed E-state index contributed by atoms with van der Waals surface area (Å²) in [7, 11) is 1.94. The van der Waals surface area contributed by atoms with Gasteiger partial charge in [-0.3, -0.25) is 4.68 Å². The normalized spacial score (nSPS) is 21.8. The van der Waals surface area contributed by atoms with Gasteiger partial charge in [0.2, 0.25) is 0 Å². The van der Waals surface area contributed by atoms with Gasteiger partial charge in [0, 0.05) is 56.7 Å². The van der Waals surface area contributed by atoms with E-state index in [0.29, 0.717) is 12.0 Å². The van der Waals surface area contributed by atoms with Crippen LogP contribution in [0.2, 0.25) is 0 Å². The highest BCUT2D eigenvalue weighted by Crippen LogP contribution is 2.33. The Morgan fingerprint density at radius 1 is 1.41 bits per heavy atom. The maximum absolute atomic E-state index is 5.90. The van der Waals surface area contributed by atoms with Crippen molar-refractivity contribution >= 4 is 0 Å². The van der Waals surface area contributed by atoms with Gasteiger partial charge in [-0.2, -0.15) is 5.10 Å². The minimum Gasteiger partial charge on any atom is -0.373 e. The molecule has 22 heavy (non-hydrogen) atoms. The Morgan fingerprint density at radius 2 is 2.27 bits per heavy atom. The molecule has 1 aliphatic rings. The summed E-state index contributed by atoms with van der Waals surface area (Å²) in [5, 5.41) is 7.82. The van der Waals surface area contributed by atoms with E-state index >= 15 is 0 Å². The van der Waals surface area contributed by atoms with E-state index < -0.39 is 0 Å². The van der Waals surface area contributed by atoms with E-state index in [1.807, 2.05) is 30.5 Å². The van der Waals surface area contributed by atoms with Crippen LogP contribution in [0.3, 0.4) is 0 Å². The monoisotopic (exact) mass is 303 g/mol. The van der Waals surface area contributed by atoms with Crippen LogP contribution < -0.4 is 5.32 Å². The summed E-state index contributed by atoms with van der Waals surface area (Å²) < 4.78 is 9.94. The summed E-state index contributed by atoms with van der Waals surface area (Å²) >= 11 is 0. The first-order valence-electron chi connectivity index (χ1n) is 7.96. The van der Waals surface area contributed by atoms with Gasteiger partial charge in [-0.1, -0.05) is 0 Å². The van der Waals surface area contributed by atoms with Crippen molar-refractivity contribution in [2.24, 2.45) is 13.0 Å². The number of rotatable bonds is 6. The lowest BCUT2D eigenvalue weighted by atomic mass is 9.97. The summed E-state index contributed by atoms with van der Waals surface area (Å²) in [6.45, 7) is 6.97. The maximum atomic E-state index is 5.90. The molecule has 0 bridgehead atoms. The van der Waals surface area contributed by atoms with Crippen molar-refractivity contribution in [3.05, 3.63) is 36.2 Å². The van der Waals surface area contributed by atoms with Crippen LogP contribution in [0.15, 0.2) is 24.9 Å². The summed E-state index contributed by atoms with van der Waals surface area (Å²) in [5.74, 6) is 0.500. The highest BCUT2D eigenvalue weighted by molar-refractivity contribution is 5.11. The van der Waals surface area contributed by atoms with Crippen molar-refractivity contribution in [2.75, 3.05) is 13.2 Å². The van der Waals surface area contributed by atoms with Crippen LogP contribution in [0.25, 0.3) is 0 Å². The molecule has 0 radical (unpaired) electrons. The van der Waals surface area contributed by atoms with Crippen molar-refractivity contribution in [2.45, 2.75) is 39.0 Å². The molecule has 0 aliphatic carbocycles. The van der Waals surface area contributed by atoms with Crippen LogP contribution in [-0.2, 0) is 18.3 Å². The molecule has 1 fully saturated rings. The van der Waals surface area contributed by atoms with E-state index in [0.717, 1.165) is 26.1 Å². The summed E-state index contributed by atoms with van der Waals surface area (Å²) in [4.78, 5) is 4.25. The van der Waals surface area contributed by atoms with Gasteiger partial charge < -0.3 is 14.6 Å². The Morgan fingerprint density at radius 3 is 3.00 bits per heavy atom. The molecule has 6 nitrogen and oxygen atoms in total. The Kier molecular flexibility index (Phi) is 4.59. The van der Waals surface area contributed by atoms with Crippen LogP contribution in [0.5, 0.6) is 0 Å². The zero-order valence-corrected chi connectivity index (χ0v) is 13.6. The van der Waals surface area contributed by atoms with Gasteiger partial charge in [-0.05, 0) is 20.3 Å². The molecule has 3 rings (SSSR count). The van der Waals surface area contributed by atoms with Crippen LogP contribution in [0.1, 0.15) is 43.7 Å². The number of aromatic nitrogens is 4. The standard InChI is InChI=1S/C16H25N5O/c1-12(2)21-11-18-9-15(21)8-17-6-13-4-5-22-16(13)14-7-19-20(3)10-14/h7,9-13,16-17H,4-6,8H2,1-3H3/t13-,16+/m0/s1. The molecule has 0 saturated carbocycles. The Labute approximate surface area is 131 Å². The van der Waals surface area contributed by atoms with Crippen molar-refractivity contribution in [1.82, 2.24) is 24.6 Å². The lowest BCUT2D eigenvalue weighted by Gasteiger charge is -2.18. The van der Waals surface area contributed by atoms with Crippen molar-refractivity contribution in [3.63, 3.8) is 0 Å². The van der Waals surface area contributed by atoms with E-state index in [1.54, 1.807) is 0 Å². The average molecular weight is 303 g/mol. The topological polar surface area (TPSA) is 56.9 Å². The Bertz CT molecular complexity index is 603. The summed E-state index contributed by atoms with van der Waals surface area (Å²) in [5.41, 5.74) is 2.41. The second-order valence-electron chi connectivity index (χ2n) is 6.30. The van der Waals surface area contributed by atoms with E-state index in [4.69, 9.17) is 4.74 Å². The SMILES string of the molecule is CC(C)n1cncc1CNC[C@@H]1CCO[C@H]1c1cnn(C)c1. The number of hydrogen-bond donors (Lipinski definition) is 1. The summed E-state index contributed by atoms with van der Waals surface area (Å²) in [6, 6.07) is 0.442. The highest BCUT2D eigenvalue weighted by Gasteiger charge is 2.30. The molecule has 120 valence electrons. The predicted molar refractivity (Wildman–Crippen MR) is 84.3 cm³/mol. The number of imidazole rings is 1.